The van der Waals surface area contributed by atoms with E-state index in [1.165, 1.54) is 13.0 Å². The summed E-state index contributed by atoms with van der Waals surface area (Å²) in [5, 5.41) is 9.90. The minimum atomic E-state index is -1.01. The Morgan fingerprint density at radius 2 is 1.88 bits per heavy atom. The Morgan fingerprint density at radius 3 is 2.48 bits per heavy atom. The molecule has 2 unspecified atom stereocenters. The fraction of sp³-hybridized carbons (Fsp3) is 0.263. The van der Waals surface area contributed by atoms with E-state index in [0.29, 0.717) is 28.4 Å². The molecule has 0 radical (unpaired) electrons. The number of fused-ring (bicyclic) bond motifs is 1. The molecule has 3 rings (SSSR count). The van der Waals surface area contributed by atoms with Crippen LogP contribution in [0.25, 0.3) is 0 Å². The van der Waals surface area contributed by atoms with Gasteiger partial charge in [-0.05, 0) is 49.4 Å². The monoisotopic (exact) mass is 359 g/mol. The van der Waals surface area contributed by atoms with Crippen LogP contribution in [0.5, 0.6) is 5.75 Å². The van der Waals surface area contributed by atoms with Crippen molar-refractivity contribution in [3.05, 3.63) is 58.6 Å². The smallest absolute Gasteiger partial charge is 0.335 e. The number of carbonyl (C=O) groups excluding carboxylic acids is 1. The first-order valence-corrected chi connectivity index (χ1v) is 8.34. The van der Waals surface area contributed by atoms with Gasteiger partial charge >= 0.3 is 5.97 Å². The van der Waals surface area contributed by atoms with E-state index in [-0.39, 0.29) is 23.6 Å². The minimum absolute atomic E-state index is 0.0574. The number of aromatic carboxylic acids is 1. The topological polar surface area (TPSA) is 66.8 Å². The Morgan fingerprint density at radius 1 is 1.20 bits per heavy atom. The number of halogens is 1. The average molecular weight is 360 g/mol. The van der Waals surface area contributed by atoms with Crippen molar-refractivity contribution in [2.24, 2.45) is 0 Å². The molecule has 0 bridgehead atoms. The number of hydrogen-bond acceptors (Lipinski definition) is 3. The van der Waals surface area contributed by atoms with E-state index in [1.807, 2.05) is 6.92 Å². The van der Waals surface area contributed by atoms with Crippen molar-refractivity contribution >= 4 is 29.2 Å². The third-order valence-corrected chi connectivity index (χ3v) is 4.56. The normalized spacial score (nSPS) is 19.2. The van der Waals surface area contributed by atoms with Crippen LogP contribution in [0.4, 0.5) is 5.69 Å². The van der Waals surface area contributed by atoms with Gasteiger partial charge in [0.05, 0.1) is 11.3 Å². The van der Waals surface area contributed by atoms with Crippen LogP contribution in [0.1, 0.15) is 42.3 Å². The third-order valence-electron chi connectivity index (χ3n) is 4.31. The molecule has 2 aromatic rings. The molecule has 0 spiro atoms. The van der Waals surface area contributed by atoms with Crippen molar-refractivity contribution in [3.63, 3.8) is 0 Å². The summed E-state index contributed by atoms with van der Waals surface area (Å²) in [6, 6.07) is 11.7. The van der Waals surface area contributed by atoms with Gasteiger partial charge in [0.25, 0.3) is 0 Å². The first kappa shape index (κ1) is 17.3. The van der Waals surface area contributed by atoms with Gasteiger partial charge in [0.15, 0.2) is 0 Å². The maximum Gasteiger partial charge on any atom is 0.335 e. The molecule has 25 heavy (non-hydrogen) atoms. The highest BCUT2D eigenvalue weighted by Crippen LogP contribution is 2.40. The maximum absolute atomic E-state index is 12.0. The van der Waals surface area contributed by atoms with Gasteiger partial charge in [-0.2, -0.15) is 0 Å². The number of carboxylic acid groups (broad SMARTS) is 1. The van der Waals surface area contributed by atoms with E-state index in [9.17, 15) is 14.7 Å². The highest BCUT2D eigenvalue weighted by atomic mass is 35.5. The van der Waals surface area contributed by atoms with E-state index in [4.69, 9.17) is 16.3 Å². The Hall–Kier alpha value is -2.53. The van der Waals surface area contributed by atoms with Crippen LogP contribution in [-0.2, 0) is 4.79 Å². The molecule has 130 valence electrons. The van der Waals surface area contributed by atoms with Gasteiger partial charge in [0, 0.05) is 30.0 Å². The molecule has 1 N–H and O–H groups in total. The Balaban J connectivity index is 2.03. The molecule has 0 fully saturated rings. The van der Waals surface area contributed by atoms with Gasteiger partial charge in [-0.15, -0.1) is 0 Å². The molecular formula is C19H18ClNO4. The molecule has 1 heterocycles. The molecule has 0 saturated carbocycles. The highest BCUT2D eigenvalue weighted by molar-refractivity contribution is 6.30. The van der Waals surface area contributed by atoms with Gasteiger partial charge < -0.3 is 14.7 Å². The Bertz CT molecular complexity index is 819. The lowest BCUT2D eigenvalue weighted by atomic mass is 9.92. The fourth-order valence-corrected chi connectivity index (χ4v) is 3.34. The summed E-state index contributed by atoms with van der Waals surface area (Å²) in [5.74, 6) is -0.452. The SMILES string of the molecule is CC(=O)N1c2ccc(C(=O)O)cc2C(Oc2ccc(Cl)cc2)CC1C. The number of nitrogens with zero attached hydrogens (tertiary/aromatic N) is 1. The van der Waals surface area contributed by atoms with E-state index in [2.05, 4.69) is 0 Å². The number of carbonyl (C=O) groups is 2. The van der Waals surface area contributed by atoms with Crippen molar-refractivity contribution in [2.45, 2.75) is 32.4 Å². The predicted molar refractivity (Wildman–Crippen MR) is 95.5 cm³/mol. The lowest BCUT2D eigenvalue weighted by Crippen LogP contribution is -2.43. The molecule has 1 aliphatic heterocycles. The van der Waals surface area contributed by atoms with Crippen molar-refractivity contribution in [1.82, 2.24) is 0 Å². The molecule has 0 saturated heterocycles. The molecular weight excluding hydrogens is 342 g/mol. The summed E-state index contributed by atoms with van der Waals surface area (Å²) in [6.45, 7) is 3.46. The fourth-order valence-electron chi connectivity index (χ4n) is 3.21. The van der Waals surface area contributed by atoms with Crippen LogP contribution in [0.2, 0.25) is 5.02 Å². The summed E-state index contributed by atoms with van der Waals surface area (Å²) in [7, 11) is 0. The largest absolute Gasteiger partial charge is 0.486 e. The van der Waals surface area contributed by atoms with Crippen LogP contribution in [0, 0.1) is 0 Å². The zero-order valence-corrected chi connectivity index (χ0v) is 14.7. The highest BCUT2D eigenvalue weighted by Gasteiger charge is 2.34. The van der Waals surface area contributed by atoms with Crippen LogP contribution in [0.15, 0.2) is 42.5 Å². The average Bonchev–Trinajstić information content (AvgIpc) is 2.56. The summed E-state index contributed by atoms with van der Waals surface area (Å²) < 4.78 is 6.08. The number of rotatable bonds is 3. The number of amides is 1. The van der Waals surface area contributed by atoms with Crippen molar-refractivity contribution in [1.29, 1.82) is 0 Å². The first-order chi connectivity index (χ1) is 11.9. The Labute approximate surface area is 150 Å². The molecule has 1 aliphatic rings. The van der Waals surface area contributed by atoms with Crippen molar-refractivity contribution in [3.8, 4) is 5.75 Å². The van der Waals surface area contributed by atoms with Crippen LogP contribution in [-0.4, -0.2) is 23.0 Å². The molecule has 6 heteroatoms. The summed E-state index contributed by atoms with van der Waals surface area (Å²) in [6.07, 6.45) is 0.222. The van der Waals surface area contributed by atoms with Crippen molar-refractivity contribution in [2.75, 3.05) is 4.90 Å². The number of carboxylic acids is 1. The van der Waals surface area contributed by atoms with Gasteiger partial charge in [-0.3, -0.25) is 4.79 Å². The zero-order valence-electron chi connectivity index (χ0n) is 13.9. The molecule has 0 aliphatic carbocycles. The number of anilines is 1. The summed E-state index contributed by atoms with van der Waals surface area (Å²) in [4.78, 5) is 25.1. The number of hydrogen-bond donors (Lipinski definition) is 1. The maximum atomic E-state index is 12.0. The van der Waals surface area contributed by atoms with E-state index >= 15 is 0 Å². The Kier molecular flexibility index (Phi) is 4.68. The first-order valence-electron chi connectivity index (χ1n) is 7.96. The second kappa shape index (κ2) is 6.76. The molecule has 1 amide bonds. The number of ether oxygens (including phenoxy) is 1. The molecule has 2 aromatic carbocycles. The van der Waals surface area contributed by atoms with Crippen molar-refractivity contribution < 1.29 is 19.4 Å². The van der Waals surface area contributed by atoms with E-state index in [0.717, 1.165) is 0 Å². The zero-order chi connectivity index (χ0) is 18.1. The van der Waals surface area contributed by atoms with Crippen LogP contribution >= 0.6 is 11.6 Å². The van der Waals surface area contributed by atoms with Gasteiger partial charge in [-0.25, -0.2) is 4.79 Å². The molecule has 0 aromatic heterocycles. The lowest BCUT2D eigenvalue weighted by molar-refractivity contribution is -0.117. The van der Waals surface area contributed by atoms with E-state index in [1.54, 1.807) is 41.3 Å². The predicted octanol–water partition coefficient (Wildman–Crippen LogP) is 4.30. The second-order valence-electron chi connectivity index (χ2n) is 6.11. The second-order valence-corrected chi connectivity index (χ2v) is 6.55. The van der Waals surface area contributed by atoms with Crippen LogP contribution in [0.3, 0.4) is 0 Å². The quantitative estimate of drug-likeness (QED) is 0.887. The van der Waals surface area contributed by atoms with Gasteiger partial charge in [0.1, 0.15) is 11.9 Å². The number of benzene rings is 2. The van der Waals surface area contributed by atoms with Gasteiger partial charge in [-0.1, -0.05) is 11.6 Å². The summed E-state index contributed by atoms with van der Waals surface area (Å²) in [5.41, 5.74) is 1.56. The third kappa shape index (κ3) is 3.46. The minimum Gasteiger partial charge on any atom is -0.486 e. The molecule has 2 atom stereocenters. The summed E-state index contributed by atoms with van der Waals surface area (Å²) >= 11 is 5.90. The standard InChI is InChI=1S/C19H18ClNO4/c1-11-9-18(25-15-6-4-14(20)5-7-15)16-10-13(19(23)24)3-8-17(16)21(11)12(2)22/h3-8,10-11,18H,9H2,1-2H3,(H,23,24). The van der Waals surface area contributed by atoms with Gasteiger partial charge in [0.2, 0.25) is 5.91 Å². The van der Waals surface area contributed by atoms with E-state index < -0.39 is 5.97 Å². The molecule has 5 nitrogen and oxygen atoms in total. The van der Waals surface area contributed by atoms with Crippen LogP contribution < -0.4 is 9.64 Å². The lowest BCUT2D eigenvalue weighted by Gasteiger charge is -2.39.